The molecular weight excluding hydrogens is 218 g/mol. The smallest absolute Gasteiger partial charge is 0.158 e. The first-order valence-electron chi connectivity index (χ1n) is 5.54. The van der Waals surface area contributed by atoms with Gasteiger partial charge in [-0.15, -0.1) is 0 Å². The van der Waals surface area contributed by atoms with Crippen molar-refractivity contribution in [1.82, 2.24) is 9.97 Å². The molecule has 1 fully saturated rings. The molecule has 0 bridgehead atoms. The highest BCUT2D eigenvalue weighted by molar-refractivity contribution is 5.97. The number of hydrogen-bond acceptors (Lipinski definition) is 5. The highest BCUT2D eigenvalue weighted by Gasteiger charge is 2.29. The summed E-state index contributed by atoms with van der Waals surface area (Å²) in [5.41, 5.74) is 5.73. The average Bonchev–Trinajstić information content (AvgIpc) is 2.27. The molecule has 0 spiro atoms. The lowest BCUT2D eigenvalue weighted by atomic mass is 10.1. The Kier molecular flexibility index (Phi) is 2.97. The second-order valence-electron chi connectivity index (χ2n) is 4.67. The van der Waals surface area contributed by atoms with Crippen molar-refractivity contribution in [2.24, 2.45) is 5.73 Å². The summed E-state index contributed by atoms with van der Waals surface area (Å²) in [6, 6.07) is 0. The van der Waals surface area contributed by atoms with Crippen LogP contribution in [0.2, 0.25) is 0 Å². The van der Waals surface area contributed by atoms with E-state index in [9.17, 15) is 0 Å². The molecule has 1 aliphatic heterocycles. The van der Waals surface area contributed by atoms with Crippen LogP contribution in [0.15, 0.2) is 12.4 Å². The van der Waals surface area contributed by atoms with E-state index in [1.165, 1.54) is 0 Å². The second kappa shape index (κ2) is 4.29. The van der Waals surface area contributed by atoms with Crippen LogP contribution in [0.25, 0.3) is 0 Å². The predicted octanol–water partition coefficient (Wildman–Crippen LogP) is 0.376. The van der Waals surface area contributed by atoms with E-state index in [1.807, 2.05) is 13.8 Å². The Labute approximate surface area is 100 Å². The van der Waals surface area contributed by atoms with E-state index in [1.54, 1.807) is 12.4 Å². The number of rotatable bonds is 2. The van der Waals surface area contributed by atoms with Gasteiger partial charge in [0, 0.05) is 25.5 Å². The zero-order valence-corrected chi connectivity index (χ0v) is 10.1. The summed E-state index contributed by atoms with van der Waals surface area (Å²) < 4.78 is 5.64. The van der Waals surface area contributed by atoms with Crippen molar-refractivity contribution in [1.29, 1.82) is 5.41 Å². The third-order valence-corrected chi connectivity index (χ3v) is 2.66. The van der Waals surface area contributed by atoms with Crippen LogP contribution in [-0.2, 0) is 4.74 Å². The molecule has 2 rings (SSSR count). The fourth-order valence-electron chi connectivity index (χ4n) is 1.95. The minimum atomic E-state index is -0.218. The van der Waals surface area contributed by atoms with Crippen LogP contribution in [0, 0.1) is 5.41 Å². The van der Waals surface area contributed by atoms with E-state index in [0.717, 1.165) is 6.54 Å². The van der Waals surface area contributed by atoms with Gasteiger partial charge in [0.25, 0.3) is 0 Å². The fraction of sp³-hybridized carbons (Fsp3) is 0.545. The lowest BCUT2D eigenvalue weighted by Gasteiger charge is -2.39. The Bertz CT molecular complexity index is 432. The van der Waals surface area contributed by atoms with Gasteiger partial charge < -0.3 is 15.4 Å². The van der Waals surface area contributed by atoms with Crippen molar-refractivity contribution in [2.45, 2.75) is 19.4 Å². The van der Waals surface area contributed by atoms with Gasteiger partial charge in [-0.05, 0) is 13.8 Å². The molecule has 6 heteroatoms. The summed E-state index contributed by atoms with van der Waals surface area (Å²) in [5, 5.41) is 7.51. The summed E-state index contributed by atoms with van der Waals surface area (Å²) in [4.78, 5) is 10.4. The van der Waals surface area contributed by atoms with Crippen molar-refractivity contribution in [3.63, 3.8) is 0 Å². The average molecular weight is 235 g/mol. The normalized spacial score (nSPS) is 19.1. The first-order chi connectivity index (χ1) is 7.99. The number of aromatic nitrogens is 2. The Morgan fingerprint density at radius 1 is 1.47 bits per heavy atom. The first kappa shape index (κ1) is 11.8. The van der Waals surface area contributed by atoms with Crippen LogP contribution < -0.4 is 10.6 Å². The molecule has 0 unspecified atom stereocenters. The monoisotopic (exact) mass is 235 g/mol. The topological polar surface area (TPSA) is 88.1 Å². The second-order valence-corrected chi connectivity index (χ2v) is 4.67. The molecule has 3 N–H and O–H groups in total. The van der Waals surface area contributed by atoms with Crippen molar-refractivity contribution in [2.75, 3.05) is 24.6 Å². The number of nitrogens with zero attached hydrogens (tertiary/aromatic N) is 3. The van der Waals surface area contributed by atoms with Crippen LogP contribution in [-0.4, -0.2) is 41.1 Å². The van der Waals surface area contributed by atoms with E-state index in [0.29, 0.717) is 24.7 Å². The molecule has 0 amide bonds. The molecule has 0 saturated carbocycles. The molecule has 92 valence electrons. The number of nitrogens with one attached hydrogen (secondary N) is 1. The molecular formula is C11H17N5O. The first-order valence-corrected chi connectivity index (χ1v) is 5.54. The number of amidine groups is 1. The van der Waals surface area contributed by atoms with E-state index < -0.39 is 0 Å². The standard InChI is InChI=1S/C11H17N5O/c1-11(2)7-16(5-6-17-11)10-8(9(12)13)14-3-4-15-10/h3-4H,5-7H2,1-2H3,(H3,12,13). The number of hydrogen-bond donors (Lipinski definition) is 2. The van der Waals surface area contributed by atoms with Gasteiger partial charge >= 0.3 is 0 Å². The summed E-state index contributed by atoms with van der Waals surface area (Å²) in [6.07, 6.45) is 3.16. The van der Waals surface area contributed by atoms with Crippen molar-refractivity contribution < 1.29 is 4.74 Å². The summed E-state index contributed by atoms with van der Waals surface area (Å²) >= 11 is 0. The Balaban J connectivity index is 2.30. The molecule has 2 heterocycles. The fourth-order valence-corrected chi connectivity index (χ4v) is 1.95. The molecule has 1 saturated heterocycles. The lowest BCUT2D eigenvalue weighted by Crippen LogP contribution is -2.49. The Hall–Kier alpha value is -1.69. The van der Waals surface area contributed by atoms with Crippen LogP contribution in [0.4, 0.5) is 5.82 Å². The predicted molar refractivity (Wildman–Crippen MR) is 65.3 cm³/mol. The van der Waals surface area contributed by atoms with Gasteiger partial charge in [-0.2, -0.15) is 0 Å². The van der Waals surface area contributed by atoms with Crippen molar-refractivity contribution in [3.8, 4) is 0 Å². The largest absolute Gasteiger partial charge is 0.382 e. The highest BCUT2D eigenvalue weighted by Crippen LogP contribution is 2.22. The molecule has 1 aliphatic rings. The van der Waals surface area contributed by atoms with Gasteiger partial charge in [0.2, 0.25) is 0 Å². The zero-order valence-electron chi connectivity index (χ0n) is 10.1. The van der Waals surface area contributed by atoms with Crippen LogP contribution in [0.5, 0.6) is 0 Å². The van der Waals surface area contributed by atoms with E-state index in [4.69, 9.17) is 15.9 Å². The number of nitrogens with two attached hydrogens (primary N) is 1. The minimum Gasteiger partial charge on any atom is -0.382 e. The van der Waals surface area contributed by atoms with Gasteiger partial charge in [0.15, 0.2) is 5.82 Å². The number of morpholine rings is 1. The van der Waals surface area contributed by atoms with E-state index in [-0.39, 0.29) is 11.4 Å². The molecule has 17 heavy (non-hydrogen) atoms. The number of ether oxygens (including phenoxy) is 1. The van der Waals surface area contributed by atoms with E-state index >= 15 is 0 Å². The third kappa shape index (κ3) is 2.52. The number of nitrogen functional groups attached to an aromatic ring is 1. The third-order valence-electron chi connectivity index (χ3n) is 2.66. The van der Waals surface area contributed by atoms with Crippen LogP contribution in [0.1, 0.15) is 19.5 Å². The summed E-state index contributed by atoms with van der Waals surface area (Å²) in [5.74, 6) is 0.605. The molecule has 0 aromatic carbocycles. The van der Waals surface area contributed by atoms with Crippen molar-refractivity contribution >= 4 is 11.7 Å². The maximum absolute atomic E-state index is 7.51. The van der Waals surface area contributed by atoms with Gasteiger partial charge in [-0.3, -0.25) is 5.41 Å². The maximum atomic E-state index is 7.51. The molecule has 0 atom stereocenters. The molecule has 1 aromatic rings. The Morgan fingerprint density at radius 2 is 2.18 bits per heavy atom. The van der Waals surface area contributed by atoms with Crippen LogP contribution in [0.3, 0.4) is 0 Å². The zero-order chi connectivity index (χ0) is 12.5. The quantitative estimate of drug-likeness (QED) is 0.571. The summed E-state index contributed by atoms with van der Waals surface area (Å²) in [6.45, 7) is 6.15. The van der Waals surface area contributed by atoms with Crippen molar-refractivity contribution in [3.05, 3.63) is 18.1 Å². The van der Waals surface area contributed by atoms with E-state index in [2.05, 4.69) is 14.9 Å². The SMILES string of the molecule is CC1(C)CN(c2nccnc2C(=N)N)CCO1. The molecule has 0 radical (unpaired) electrons. The van der Waals surface area contributed by atoms with Gasteiger partial charge in [0.05, 0.1) is 12.2 Å². The van der Waals surface area contributed by atoms with Gasteiger partial charge in [-0.1, -0.05) is 0 Å². The maximum Gasteiger partial charge on any atom is 0.158 e. The molecule has 0 aliphatic carbocycles. The number of anilines is 1. The van der Waals surface area contributed by atoms with Gasteiger partial charge in [-0.25, -0.2) is 9.97 Å². The highest BCUT2D eigenvalue weighted by atomic mass is 16.5. The summed E-state index contributed by atoms with van der Waals surface area (Å²) in [7, 11) is 0. The minimum absolute atomic E-state index is 0.0580. The van der Waals surface area contributed by atoms with Crippen LogP contribution >= 0.6 is 0 Å². The Morgan fingerprint density at radius 3 is 2.82 bits per heavy atom. The lowest BCUT2D eigenvalue weighted by molar-refractivity contribution is -0.0279. The van der Waals surface area contributed by atoms with Gasteiger partial charge in [0.1, 0.15) is 11.5 Å². The molecule has 6 nitrogen and oxygen atoms in total. The molecule has 1 aromatic heterocycles.